The maximum atomic E-state index is 13.0. The van der Waals surface area contributed by atoms with Crippen LogP contribution in [0.15, 0.2) is 64.3 Å². The summed E-state index contributed by atoms with van der Waals surface area (Å²) in [6, 6.07) is 16.5. The first-order valence-electron chi connectivity index (χ1n) is 10.5. The van der Waals surface area contributed by atoms with E-state index in [1.807, 2.05) is 24.3 Å². The van der Waals surface area contributed by atoms with Crippen LogP contribution in [0.25, 0.3) is 56.5 Å². The molecule has 4 nitrogen and oxygen atoms in total. The standard InChI is InChI=1S/C26H12N2O2S4/c29-25-21(19-9-17-15(33-19)5-7-31-17)13-3-1-11-12(24(13)28-25)2-4-14-22(26(30)27-23(11)14)20-10-18-16(34-20)6-8-32-18/h1-10,27,30H. The smallest absolute Gasteiger partial charge is 0.279 e. The Bertz CT molecular complexity index is 2060. The Balaban J connectivity index is 1.40. The van der Waals surface area contributed by atoms with Crippen molar-refractivity contribution in [3.05, 3.63) is 74.7 Å². The van der Waals surface area contributed by atoms with Crippen molar-refractivity contribution in [1.82, 2.24) is 4.98 Å². The molecule has 2 aromatic carbocycles. The number of hydrogen-bond acceptors (Lipinski definition) is 6. The number of carbonyl (C=O) groups is 1. The lowest BCUT2D eigenvalue weighted by Gasteiger charge is -2.01. The fourth-order valence-electron chi connectivity index (χ4n) is 4.90. The van der Waals surface area contributed by atoms with Gasteiger partial charge in [0.1, 0.15) is 0 Å². The van der Waals surface area contributed by atoms with Crippen molar-refractivity contribution < 1.29 is 9.90 Å². The molecule has 5 aromatic heterocycles. The van der Waals surface area contributed by atoms with Crippen molar-refractivity contribution in [2.75, 3.05) is 0 Å². The molecule has 1 aliphatic heterocycles. The van der Waals surface area contributed by atoms with E-state index in [9.17, 15) is 9.90 Å². The normalized spacial score (nSPS) is 13.6. The summed E-state index contributed by atoms with van der Waals surface area (Å²) in [4.78, 5) is 22.7. The van der Waals surface area contributed by atoms with E-state index < -0.39 is 0 Å². The molecule has 34 heavy (non-hydrogen) atoms. The van der Waals surface area contributed by atoms with Crippen LogP contribution in [0.5, 0.6) is 5.88 Å². The highest BCUT2D eigenvalue weighted by Crippen LogP contribution is 2.44. The van der Waals surface area contributed by atoms with E-state index in [2.05, 4.69) is 45.0 Å². The number of thiophene rings is 4. The van der Waals surface area contributed by atoms with Gasteiger partial charge in [-0.2, -0.15) is 0 Å². The predicted octanol–water partition coefficient (Wildman–Crippen LogP) is 6.60. The monoisotopic (exact) mass is 512 g/mol. The summed E-state index contributed by atoms with van der Waals surface area (Å²) in [5, 5.41) is 19.4. The number of amides is 1. The molecule has 2 N–H and O–H groups in total. The van der Waals surface area contributed by atoms with Gasteiger partial charge in [-0.05, 0) is 35.0 Å². The van der Waals surface area contributed by atoms with Crippen molar-refractivity contribution in [2.45, 2.75) is 0 Å². The van der Waals surface area contributed by atoms with Crippen LogP contribution in [0.1, 0.15) is 4.88 Å². The highest BCUT2D eigenvalue weighted by Gasteiger charge is 2.23. The van der Waals surface area contributed by atoms with Gasteiger partial charge in [0.05, 0.1) is 22.0 Å². The van der Waals surface area contributed by atoms with Crippen LogP contribution in [0.4, 0.5) is 0 Å². The van der Waals surface area contributed by atoms with Crippen LogP contribution in [0.3, 0.4) is 0 Å². The average Bonchev–Trinajstić information content (AvgIpc) is 3.60. The lowest BCUT2D eigenvalue weighted by atomic mass is 10.0. The lowest BCUT2D eigenvalue weighted by Crippen LogP contribution is -2.23. The molecule has 0 saturated heterocycles. The van der Waals surface area contributed by atoms with Gasteiger partial charge < -0.3 is 10.1 Å². The minimum atomic E-state index is -0.190. The first kappa shape index (κ1) is 19.1. The van der Waals surface area contributed by atoms with Gasteiger partial charge >= 0.3 is 0 Å². The van der Waals surface area contributed by atoms with Crippen molar-refractivity contribution in [3.8, 4) is 16.3 Å². The topological polar surface area (TPSA) is 65.4 Å². The fraction of sp³-hybridized carbons (Fsp3) is 0. The zero-order chi connectivity index (χ0) is 22.6. The zero-order valence-corrected chi connectivity index (χ0v) is 20.5. The van der Waals surface area contributed by atoms with Crippen LogP contribution in [-0.2, 0) is 4.79 Å². The van der Waals surface area contributed by atoms with Gasteiger partial charge in [0.25, 0.3) is 5.91 Å². The molecular weight excluding hydrogens is 501 g/mol. The molecule has 0 aliphatic carbocycles. The molecule has 6 heterocycles. The number of fused-ring (bicyclic) bond motifs is 7. The second-order valence-electron chi connectivity index (χ2n) is 8.21. The van der Waals surface area contributed by atoms with Crippen molar-refractivity contribution in [1.29, 1.82) is 0 Å². The quantitative estimate of drug-likeness (QED) is 0.274. The van der Waals surface area contributed by atoms with E-state index >= 15 is 0 Å². The van der Waals surface area contributed by atoms with E-state index in [1.54, 1.807) is 45.3 Å². The van der Waals surface area contributed by atoms with Crippen molar-refractivity contribution in [3.63, 3.8) is 0 Å². The number of nitrogens with zero attached hydrogens (tertiary/aromatic N) is 1. The predicted molar refractivity (Wildman–Crippen MR) is 144 cm³/mol. The number of aromatic amines is 1. The van der Waals surface area contributed by atoms with Crippen LogP contribution in [0, 0.1) is 0 Å². The maximum Gasteiger partial charge on any atom is 0.279 e. The Morgan fingerprint density at radius 2 is 1.44 bits per heavy atom. The van der Waals surface area contributed by atoms with E-state index in [-0.39, 0.29) is 11.8 Å². The summed E-state index contributed by atoms with van der Waals surface area (Å²) in [6.45, 7) is 0. The highest BCUT2D eigenvalue weighted by atomic mass is 32.1. The van der Waals surface area contributed by atoms with E-state index in [0.29, 0.717) is 10.9 Å². The van der Waals surface area contributed by atoms with Crippen LogP contribution in [0.2, 0.25) is 0 Å². The molecular formula is C26H12N2O2S4. The summed E-state index contributed by atoms with van der Waals surface area (Å²) < 4.78 is 4.83. The Hall–Kier alpha value is -3.30. The second-order valence-corrected chi connectivity index (χ2v) is 12.3. The highest BCUT2D eigenvalue weighted by molar-refractivity contribution is 7.29. The molecule has 162 valence electrons. The minimum Gasteiger partial charge on any atom is -0.494 e. The molecule has 0 unspecified atom stereocenters. The second kappa shape index (κ2) is 6.64. The van der Waals surface area contributed by atoms with Crippen molar-refractivity contribution in [2.24, 2.45) is 4.99 Å². The Morgan fingerprint density at radius 1 is 0.765 bits per heavy atom. The Labute approximate surface area is 207 Å². The summed E-state index contributed by atoms with van der Waals surface area (Å²) in [5.74, 6) is -0.0269. The molecule has 0 atom stereocenters. The molecule has 0 spiro atoms. The number of benzene rings is 2. The molecule has 0 bridgehead atoms. The van der Waals surface area contributed by atoms with E-state index in [4.69, 9.17) is 0 Å². The van der Waals surface area contributed by atoms with Crippen LogP contribution >= 0.6 is 45.3 Å². The summed E-state index contributed by atoms with van der Waals surface area (Å²) in [5.41, 5.74) is 2.36. The number of aromatic hydroxyl groups is 1. The number of aromatic nitrogens is 1. The molecule has 7 aromatic rings. The number of hydrogen-bond donors (Lipinski definition) is 2. The van der Waals surface area contributed by atoms with Gasteiger partial charge in [-0.1, -0.05) is 24.3 Å². The van der Waals surface area contributed by atoms with Gasteiger partial charge in [-0.3, -0.25) is 4.79 Å². The third kappa shape index (κ3) is 2.46. The molecule has 8 rings (SSSR count). The first-order chi connectivity index (χ1) is 16.7. The van der Waals surface area contributed by atoms with Crippen LogP contribution in [-0.4, -0.2) is 16.0 Å². The van der Waals surface area contributed by atoms with Gasteiger partial charge in [0.2, 0.25) is 0 Å². The molecule has 1 amide bonds. The SMILES string of the molecule is O=C1N=c2c(ccc3c2ccc2c(-c4cc5sccc5s4)c(O)[nH]c23)=C1c1cc2sccc2s1. The Kier molecular flexibility index (Phi) is 3.72. The average molecular weight is 513 g/mol. The lowest BCUT2D eigenvalue weighted by molar-refractivity contribution is -0.112. The van der Waals surface area contributed by atoms with Gasteiger partial charge in [-0.25, -0.2) is 4.99 Å². The Morgan fingerprint density at radius 3 is 2.21 bits per heavy atom. The van der Waals surface area contributed by atoms with Crippen LogP contribution < -0.4 is 10.6 Å². The molecule has 0 radical (unpaired) electrons. The zero-order valence-electron chi connectivity index (χ0n) is 17.2. The molecule has 1 aliphatic rings. The minimum absolute atomic E-state index is 0.163. The number of rotatable bonds is 2. The van der Waals surface area contributed by atoms with Crippen molar-refractivity contribution >= 4 is 97.3 Å². The number of nitrogens with one attached hydrogen (secondary N) is 1. The summed E-state index contributed by atoms with van der Waals surface area (Å²) in [6.07, 6.45) is 0. The molecule has 8 heteroatoms. The summed E-state index contributed by atoms with van der Waals surface area (Å²) >= 11 is 6.71. The summed E-state index contributed by atoms with van der Waals surface area (Å²) in [7, 11) is 0. The third-order valence-electron chi connectivity index (χ3n) is 6.39. The van der Waals surface area contributed by atoms with Gasteiger partial charge in [-0.15, -0.1) is 45.3 Å². The maximum absolute atomic E-state index is 13.0. The fourth-order valence-corrected chi connectivity index (χ4v) is 9.23. The first-order valence-corrected chi connectivity index (χ1v) is 13.9. The third-order valence-corrected chi connectivity index (χ3v) is 10.6. The largest absolute Gasteiger partial charge is 0.494 e. The van der Waals surface area contributed by atoms with Gasteiger partial charge in [0.15, 0.2) is 5.88 Å². The van der Waals surface area contributed by atoms with Gasteiger partial charge in [0, 0.05) is 49.9 Å². The van der Waals surface area contributed by atoms with E-state index in [1.165, 1.54) is 18.8 Å². The number of H-pyrrole nitrogens is 1. The number of carbonyl (C=O) groups excluding carboxylic acids is 1. The van der Waals surface area contributed by atoms with E-state index in [0.717, 1.165) is 42.2 Å². The molecule has 0 saturated carbocycles. The molecule has 0 fully saturated rings.